The smallest absolute Gasteiger partial charge is 0.217 e. The maximum Gasteiger partial charge on any atom is 0.217 e. The Hall–Kier alpha value is -2.73. The van der Waals surface area contributed by atoms with Crippen LogP contribution < -0.4 is 0 Å². The molecule has 0 amide bonds. The van der Waals surface area contributed by atoms with Gasteiger partial charge >= 0.3 is 0 Å². The molecule has 33 heavy (non-hydrogen) atoms. The van der Waals surface area contributed by atoms with Gasteiger partial charge in [-0.05, 0) is 5.56 Å². The minimum Gasteiger partial charge on any atom is -0.345 e. The van der Waals surface area contributed by atoms with Crippen LogP contribution in [0.4, 0.5) is 0 Å². The molecular formula is C28H27BrN2O2. The van der Waals surface area contributed by atoms with Gasteiger partial charge in [-0.25, -0.2) is 4.98 Å². The molecule has 1 aliphatic heterocycles. The van der Waals surface area contributed by atoms with E-state index in [2.05, 4.69) is 100 Å². The molecule has 2 heterocycles. The highest BCUT2D eigenvalue weighted by Crippen LogP contribution is 2.39. The van der Waals surface area contributed by atoms with E-state index in [1.165, 1.54) is 5.56 Å². The maximum absolute atomic E-state index is 6.25. The molecule has 1 aliphatic rings. The van der Waals surface area contributed by atoms with Crippen LogP contribution in [0.25, 0.3) is 22.5 Å². The van der Waals surface area contributed by atoms with Crippen molar-refractivity contribution >= 4 is 15.9 Å². The van der Waals surface area contributed by atoms with E-state index in [4.69, 9.17) is 14.5 Å². The minimum absolute atomic E-state index is 0.0438. The fourth-order valence-electron chi connectivity index (χ4n) is 4.13. The Bertz CT molecular complexity index is 1180. The average molecular weight is 503 g/mol. The molecule has 4 nitrogen and oxygen atoms in total. The molecule has 0 N–H and O–H groups in total. The van der Waals surface area contributed by atoms with Crippen LogP contribution >= 0.6 is 15.9 Å². The first-order valence-electron chi connectivity index (χ1n) is 11.2. The topological polar surface area (TPSA) is 36.3 Å². The Kier molecular flexibility index (Phi) is 6.45. The molecule has 1 aromatic heterocycles. The van der Waals surface area contributed by atoms with Gasteiger partial charge in [-0.1, -0.05) is 114 Å². The third-order valence-electron chi connectivity index (χ3n) is 5.97. The lowest BCUT2D eigenvalue weighted by atomic mass is 9.95. The Labute approximate surface area is 203 Å². The normalized spacial score (nSPS) is 20.6. The van der Waals surface area contributed by atoms with Gasteiger partial charge in [0.15, 0.2) is 5.82 Å². The number of halogens is 1. The van der Waals surface area contributed by atoms with E-state index in [1.54, 1.807) is 0 Å². The second-order valence-electron chi connectivity index (χ2n) is 8.87. The molecule has 3 aromatic carbocycles. The van der Waals surface area contributed by atoms with Crippen molar-refractivity contribution in [3.8, 4) is 22.5 Å². The summed E-state index contributed by atoms with van der Waals surface area (Å²) in [4.78, 5) is 5.15. The molecule has 0 atom stereocenters. The average Bonchev–Trinajstić information content (AvgIpc) is 3.25. The van der Waals surface area contributed by atoms with E-state index < -0.39 is 6.29 Å². The number of hydrogen-bond acceptors (Lipinski definition) is 3. The van der Waals surface area contributed by atoms with E-state index in [1.807, 2.05) is 18.2 Å². The Morgan fingerprint density at radius 1 is 0.848 bits per heavy atom. The molecule has 0 saturated carbocycles. The van der Waals surface area contributed by atoms with Gasteiger partial charge in [-0.2, -0.15) is 0 Å². The highest BCUT2D eigenvalue weighted by molar-refractivity contribution is 9.09. The molecule has 0 spiro atoms. The summed E-state index contributed by atoms with van der Waals surface area (Å²) in [5, 5.41) is 0.829. The molecule has 0 unspecified atom stereocenters. The van der Waals surface area contributed by atoms with Gasteiger partial charge in [0.2, 0.25) is 6.29 Å². The molecule has 0 aliphatic carbocycles. The number of benzene rings is 3. The summed E-state index contributed by atoms with van der Waals surface area (Å²) < 4.78 is 14.8. The van der Waals surface area contributed by atoms with E-state index in [9.17, 15) is 0 Å². The first kappa shape index (κ1) is 22.1. The predicted molar refractivity (Wildman–Crippen MR) is 135 cm³/mol. The van der Waals surface area contributed by atoms with Gasteiger partial charge in [0.05, 0.1) is 24.6 Å². The molecule has 168 valence electrons. The molecule has 0 bridgehead atoms. The van der Waals surface area contributed by atoms with Crippen LogP contribution in [0.5, 0.6) is 0 Å². The molecule has 1 fully saturated rings. The number of nitrogens with zero attached hydrogens (tertiary/aromatic N) is 2. The van der Waals surface area contributed by atoms with Crippen molar-refractivity contribution in [2.75, 3.05) is 18.5 Å². The second kappa shape index (κ2) is 9.64. The Morgan fingerprint density at radius 2 is 1.39 bits per heavy atom. The fraction of sp³-hybridized carbons (Fsp3) is 0.250. The highest BCUT2D eigenvalue weighted by Gasteiger charge is 2.36. The lowest BCUT2D eigenvalue weighted by molar-refractivity contribution is -0.229. The van der Waals surface area contributed by atoms with Crippen LogP contribution in [0.1, 0.15) is 24.6 Å². The van der Waals surface area contributed by atoms with Gasteiger partial charge in [0, 0.05) is 28.4 Å². The van der Waals surface area contributed by atoms with Gasteiger partial charge in [0.25, 0.3) is 0 Å². The quantitative estimate of drug-likeness (QED) is 0.275. The van der Waals surface area contributed by atoms with Crippen LogP contribution in [0.15, 0.2) is 91.0 Å². The number of aromatic nitrogens is 2. The van der Waals surface area contributed by atoms with E-state index in [-0.39, 0.29) is 5.41 Å². The van der Waals surface area contributed by atoms with Crippen molar-refractivity contribution in [2.45, 2.75) is 19.8 Å². The number of imidazole rings is 1. The van der Waals surface area contributed by atoms with Crippen LogP contribution in [-0.2, 0) is 16.0 Å². The van der Waals surface area contributed by atoms with Gasteiger partial charge < -0.3 is 14.0 Å². The standard InChI is InChI=1S/C28H27BrN2O2/c1-28(18-29)19-32-27(33-20-28)26-30-24(22-13-7-3-8-14-22)25(23-15-9-4-10-16-23)31(26)17-21-11-5-2-6-12-21/h2-16,27H,17-20H2,1H3/t27-,28+. The van der Waals surface area contributed by atoms with Gasteiger partial charge in [-0.15, -0.1) is 0 Å². The molecule has 1 saturated heterocycles. The summed E-state index contributed by atoms with van der Waals surface area (Å²) in [6.07, 6.45) is -0.513. The van der Waals surface area contributed by atoms with Crippen molar-refractivity contribution < 1.29 is 9.47 Å². The van der Waals surface area contributed by atoms with Crippen molar-refractivity contribution in [3.05, 3.63) is 102 Å². The monoisotopic (exact) mass is 502 g/mol. The number of alkyl halides is 1. The zero-order chi connectivity index (χ0) is 22.7. The van der Waals surface area contributed by atoms with E-state index in [0.29, 0.717) is 19.8 Å². The van der Waals surface area contributed by atoms with E-state index >= 15 is 0 Å². The first-order chi connectivity index (χ1) is 16.2. The maximum atomic E-state index is 6.25. The van der Waals surface area contributed by atoms with Gasteiger partial charge in [0.1, 0.15) is 0 Å². The Balaban J connectivity index is 1.67. The van der Waals surface area contributed by atoms with E-state index in [0.717, 1.165) is 33.7 Å². The van der Waals surface area contributed by atoms with Crippen molar-refractivity contribution in [1.82, 2.24) is 9.55 Å². The summed E-state index contributed by atoms with van der Waals surface area (Å²) in [5.74, 6) is 0.799. The Morgan fingerprint density at radius 3 is 1.97 bits per heavy atom. The van der Waals surface area contributed by atoms with Crippen molar-refractivity contribution in [3.63, 3.8) is 0 Å². The molecule has 0 radical (unpaired) electrons. The highest BCUT2D eigenvalue weighted by atomic mass is 79.9. The zero-order valence-electron chi connectivity index (χ0n) is 18.7. The SMILES string of the molecule is C[C@]1(CBr)CO[C@@H](c2nc(-c3ccccc3)c(-c3ccccc3)n2Cc2ccccc2)OC1. The van der Waals surface area contributed by atoms with Gasteiger partial charge in [-0.3, -0.25) is 0 Å². The molecule has 4 aromatic rings. The van der Waals surface area contributed by atoms with Crippen LogP contribution in [0, 0.1) is 5.41 Å². The third kappa shape index (κ3) is 4.67. The summed E-state index contributed by atoms with van der Waals surface area (Å²) in [6, 6.07) is 31.3. The summed E-state index contributed by atoms with van der Waals surface area (Å²) in [6.45, 7) is 4.07. The predicted octanol–water partition coefficient (Wildman–Crippen LogP) is 6.71. The molecule has 5 rings (SSSR count). The largest absolute Gasteiger partial charge is 0.345 e. The lowest BCUT2D eigenvalue weighted by Gasteiger charge is -2.35. The van der Waals surface area contributed by atoms with Crippen LogP contribution in [0.3, 0.4) is 0 Å². The molecular weight excluding hydrogens is 476 g/mol. The number of ether oxygens (including phenoxy) is 2. The first-order valence-corrected chi connectivity index (χ1v) is 12.3. The van der Waals surface area contributed by atoms with Crippen molar-refractivity contribution in [1.29, 1.82) is 0 Å². The summed E-state index contributed by atoms with van der Waals surface area (Å²) >= 11 is 3.60. The summed E-state index contributed by atoms with van der Waals surface area (Å²) in [7, 11) is 0. The third-order valence-corrected chi connectivity index (χ3v) is 7.33. The number of rotatable bonds is 6. The zero-order valence-corrected chi connectivity index (χ0v) is 20.2. The van der Waals surface area contributed by atoms with Crippen LogP contribution in [0.2, 0.25) is 0 Å². The minimum atomic E-state index is -0.513. The van der Waals surface area contributed by atoms with Crippen molar-refractivity contribution in [2.24, 2.45) is 5.41 Å². The summed E-state index contributed by atoms with van der Waals surface area (Å²) in [5.41, 5.74) is 5.36. The van der Waals surface area contributed by atoms with Crippen LogP contribution in [-0.4, -0.2) is 28.1 Å². The number of hydrogen-bond donors (Lipinski definition) is 0. The second-order valence-corrected chi connectivity index (χ2v) is 9.43. The fourth-order valence-corrected chi connectivity index (χ4v) is 4.46. The lowest BCUT2D eigenvalue weighted by Crippen LogP contribution is -2.38. The molecule has 5 heteroatoms.